The summed E-state index contributed by atoms with van der Waals surface area (Å²) < 4.78 is 10.9. The maximum Gasteiger partial charge on any atom is 0.423 e. The molecule has 0 saturated carbocycles. The molecule has 5 rings (SSSR count). The van der Waals surface area contributed by atoms with Crippen molar-refractivity contribution in [3.05, 3.63) is 76.9 Å². The first-order valence-electron chi connectivity index (χ1n) is 12.2. The smallest absolute Gasteiger partial charge is 0.423 e. The average Bonchev–Trinajstić information content (AvgIpc) is 3.41. The van der Waals surface area contributed by atoms with Gasteiger partial charge in [-0.25, -0.2) is 4.79 Å². The molecule has 3 amide bonds. The normalized spacial score (nSPS) is 25.7. The molecule has 2 aliphatic heterocycles. The maximum absolute atomic E-state index is 13.1. The van der Waals surface area contributed by atoms with Crippen LogP contribution in [-0.2, 0) is 19.1 Å². The number of benzene rings is 2. The first-order valence-corrected chi connectivity index (χ1v) is 12.2. The molecule has 7 heteroatoms. The third-order valence-corrected chi connectivity index (χ3v) is 7.54. The van der Waals surface area contributed by atoms with Crippen molar-refractivity contribution in [3.63, 3.8) is 0 Å². The molecule has 0 spiro atoms. The molecular weight excluding hydrogens is 458 g/mol. The lowest BCUT2D eigenvalue weighted by atomic mass is 9.70. The van der Waals surface area contributed by atoms with Crippen LogP contribution in [0.4, 0.5) is 4.79 Å². The van der Waals surface area contributed by atoms with E-state index in [0.717, 1.165) is 34.3 Å². The fourth-order valence-electron chi connectivity index (χ4n) is 5.95. The predicted molar refractivity (Wildman–Crippen MR) is 133 cm³/mol. The predicted octanol–water partition coefficient (Wildman–Crippen LogP) is 4.82. The summed E-state index contributed by atoms with van der Waals surface area (Å²) in [5.41, 5.74) is 5.27. The highest BCUT2D eigenvalue weighted by Gasteiger charge is 2.58. The van der Waals surface area contributed by atoms with Crippen molar-refractivity contribution in [2.75, 3.05) is 13.7 Å². The van der Waals surface area contributed by atoms with Gasteiger partial charge in [0.2, 0.25) is 11.8 Å². The summed E-state index contributed by atoms with van der Waals surface area (Å²) in [6, 6.07) is 17.2. The van der Waals surface area contributed by atoms with E-state index < -0.39 is 29.7 Å². The molecule has 1 aliphatic carbocycles. The number of likely N-dealkylation sites (tertiary alicyclic amines) is 1. The summed E-state index contributed by atoms with van der Waals surface area (Å²) in [5, 5.41) is 9.90. The number of rotatable bonds is 5. The van der Waals surface area contributed by atoms with Crippen LogP contribution in [0.1, 0.15) is 37.3 Å². The summed E-state index contributed by atoms with van der Waals surface area (Å²) in [5.74, 6) is -2.08. The zero-order valence-corrected chi connectivity index (χ0v) is 20.3. The Morgan fingerprint density at radius 2 is 1.89 bits per heavy atom. The van der Waals surface area contributed by atoms with E-state index in [2.05, 4.69) is 22.9 Å². The molecule has 0 unspecified atom stereocenters. The van der Waals surface area contributed by atoms with Gasteiger partial charge in [-0.2, -0.15) is 4.90 Å². The van der Waals surface area contributed by atoms with E-state index in [-0.39, 0.29) is 17.8 Å². The molecule has 186 valence electrons. The fourth-order valence-corrected chi connectivity index (χ4v) is 5.95. The lowest BCUT2D eigenvalue weighted by Gasteiger charge is -2.30. The Morgan fingerprint density at radius 1 is 1.11 bits per heavy atom. The molecule has 0 bridgehead atoms. The van der Waals surface area contributed by atoms with Crippen molar-refractivity contribution in [3.8, 4) is 5.75 Å². The highest BCUT2D eigenvalue weighted by molar-refractivity contribution is 6.16. The minimum atomic E-state index is -0.918. The van der Waals surface area contributed by atoms with Gasteiger partial charge in [-0.05, 0) is 60.6 Å². The molecule has 2 heterocycles. The van der Waals surface area contributed by atoms with E-state index in [1.54, 1.807) is 12.1 Å². The lowest BCUT2D eigenvalue weighted by molar-refractivity contribution is -0.137. The molecule has 36 heavy (non-hydrogen) atoms. The van der Waals surface area contributed by atoms with Gasteiger partial charge in [0.25, 0.3) is 0 Å². The van der Waals surface area contributed by atoms with Gasteiger partial charge in [0.1, 0.15) is 5.75 Å². The number of imide groups is 3. The molecule has 0 aromatic heterocycles. The first kappa shape index (κ1) is 24.0. The third kappa shape index (κ3) is 4.24. The maximum atomic E-state index is 13.1. The van der Waals surface area contributed by atoms with Crippen molar-refractivity contribution in [1.82, 2.24) is 4.90 Å². The number of allylic oxidation sites excluding steroid dienone is 2. The van der Waals surface area contributed by atoms with Crippen LogP contribution < -0.4 is 0 Å². The van der Waals surface area contributed by atoms with Crippen LogP contribution in [0.15, 0.2) is 65.7 Å². The van der Waals surface area contributed by atoms with Crippen LogP contribution in [0, 0.1) is 17.8 Å². The average molecular weight is 488 g/mol. The summed E-state index contributed by atoms with van der Waals surface area (Å²) in [6.45, 7) is 2.35. The van der Waals surface area contributed by atoms with Gasteiger partial charge in [-0.3, -0.25) is 9.59 Å². The van der Waals surface area contributed by atoms with E-state index in [1.165, 1.54) is 7.11 Å². The third-order valence-electron chi connectivity index (χ3n) is 7.54. The summed E-state index contributed by atoms with van der Waals surface area (Å²) in [4.78, 5) is 38.7. The Kier molecular flexibility index (Phi) is 6.49. The highest BCUT2D eigenvalue weighted by atomic mass is 16.5. The quantitative estimate of drug-likeness (QED) is 0.369. The topological polar surface area (TPSA) is 93.1 Å². The Bertz CT molecular complexity index is 1260. The number of methoxy groups -OCH3 is 1. The molecule has 4 atom stereocenters. The molecule has 2 aromatic carbocycles. The highest BCUT2D eigenvalue weighted by Crippen LogP contribution is 2.50. The van der Waals surface area contributed by atoms with Crippen LogP contribution in [0.2, 0.25) is 0 Å². The number of hydrogen-bond donors (Lipinski definition) is 1. The monoisotopic (exact) mass is 487 g/mol. The number of carbonyl (C=O) groups is 3. The lowest BCUT2D eigenvalue weighted by Crippen LogP contribution is -2.37. The second-order valence-electron chi connectivity index (χ2n) is 9.65. The minimum absolute atomic E-state index is 0.165. The van der Waals surface area contributed by atoms with E-state index in [1.807, 2.05) is 37.3 Å². The van der Waals surface area contributed by atoms with Crippen LogP contribution >= 0.6 is 0 Å². The molecule has 1 N–H and O–H groups in total. The Labute approximate surface area is 210 Å². The largest absolute Gasteiger partial charge is 0.508 e. The number of amides is 3. The molecular formula is C29H29NO6. The Balaban J connectivity index is 1.39. The van der Waals surface area contributed by atoms with Gasteiger partial charge in [0, 0.05) is 5.92 Å². The number of hydrogen-bond acceptors (Lipinski definition) is 6. The zero-order chi connectivity index (χ0) is 25.4. The van der Waals surface area contributed by atoms with Gasteiger partial charge >= 0.3 is 6.09 Å². The van der Waals surface area contributed by atoms with Gasteiger partial charge in [-0.15, -0.1) is 0 Å². The summed E-state index contributed by atoms with van der Waals surface area (Å²) in [6.07, 6.45) is 2.87. The number of aromatic hydroxyl groups is 1. The molecule has 7 nitrogen and oxygen atoms in total. The summed E-state index contributed by atoms with van der Waals surface area (Å²) >= 11 is 0. The zero-order valence-electron chi connectivity index (χ0n) is 20.3. The number of carbonyl (C=O) groups excluding carboxylic acids is 3. The number of ether oxygens (including phenoxy) is 2. The Hall–Kier alpha value is -3.71. The van der Waals surface area contributed by atoms with Crippen LogP contribution in [-0.4, -0.2) is 47.7 Å². The van der Waals surface area contributed by atoms with Crippen molar-refractivity contribution in [2.24, 2.45) is 17.8 Å². The first-order chi connectivity index (χ1) is 17.4. The van der Waals surface area contributed by atoms with Gasteiger partial charge in [0.05, 0.1) is 31.7 Å². The molecule has 2 saturated heterocycles. The second-order valence-corrected chi connectivity index (χ2v) is 9.65. The number of phenols is 1. The van der Waals surface area contributed by atoms with E-state index in [4.69, 9.17) is 4.74 Å². The van der Waals surface area contributed by atoms with Gasteiger partial charge in [-0.1, -0.05) is 54.1 Å². The molecule has 0 radical (unpaired) electrons. The van der Waals surface area contributed by atoms with Crippen molar-refractivity contribution < 1.29 is 29.0 Å². The SMILES string of the molecule is COC(=O)N1C(=O)[C@@H]2[C@@H](CC(C)=C3[C@@H](CC/C(=C/c4cccc(O)c4)c4ccccc4)OC[C@@H]32)C1=O. The van der Waals surface area contributed by atoms with Crippen molar-refractivity contribution >= 4 is 29.6 Å². The van der Waals surface area contributed by atoms with Gasteiger partial charge in [0.15, 0.2) is 0 Å². The van der Waals surface area contributed by atoms with E-state index in [0.29, 0.717) is 24.3 Å². The van der Waals surface area contributed by atoms with Crippen LogP contribution in [0.25, 0.3) is 11.6 Å². The van der Waals surface area contributed by atoms with Crippen molar-refractivity contribution in [2.45, 2.75) is 32.3 Å². The van der Waals surface area contributed by atoms with Crippen LogP contribution in [0.5, 0.6) is 5.75 Å². The number of nitrogens with zero attached hydrogens (tertiary/aromatic N) is 1. The summed E-state index contributed by atoms with van der Waals surface area (Å²) in [7, 11) is 1.17. The van der Waals surface area contributed by atoms with E-state index in [9.17, 15) is 19.5 Å². The molecule has 3 aliphatic rings. The van der Waals surface area contributed by atoms with Gasteiger partial charge < -0.3 is 14.6 Å². The minimum Gasteiger partial charge on any atom is -0.508 e. The number of fused-ring (bicyclic) bond motifs is 3. The number of phenolic OH excluding ortho intramolecular Hbond substituents is 1. The standard InChI is InChI=1S/C29H29NO6/c1-17-13-22-26(28(33)30(27(22)32)29(34)35-2)23-16-36-24(25(17)23)12-11-20(19-8-4-3-5-9-19)14-18-7-6-10-21(31)15-18/h3-10,14-15,22-24,26,31H,11-13,16H2,1-2H3/b20-14-/t22-,23+,24-,26-/m1/s1. The molecule has 2 aromatic rings. The van der Waals surface area contributed by atoms with E-state index >= 15 is 0 Å². The fraction of sp³-hybridized carbons (Fsp3) is 0.345. The van der Waals surface area contributed by atoms with Crippen LogP contribution in [0.3, 0.4) is 0 Å². The second kappa shape index (κ2) is 9.74. The Morgan fingerprint density at radius 3 is 2.61 bits per heavy atom. The van der Waals surface area contributed by atoms with Crippen molar-refractivity contribution in [1.29, 1.82) is 0 Å². The molecule has 2 fully saturated rings.